The van der Waals surface area contributed by atoms with Crippen LogP contribution >= 0.6 is 0 Å². The van der Waals surface area contributed by atoms with Crippen LogP contribution in [0, 0.1) is 6.92 Å². The lowest BCUT2D eigenvalue weighted by molar-refractivity contribution is -0.0499. The van der Waals surface area contributed by atoms with Crippen LogP contribution in [0.5, 0.6) is 5.75 Å². The maximum Gasteiger partial charge on any atom is 0.534 e. The van der Waals surface area contributed by atoms with Crippen LogP contribution in [0.1, 0.15) is 5.76 Å². The Morgan fingerprint density at radius 3 is 2.50 bits per heavy atom. The number of aryl methyl sites for hydroxylation is 1. The molecule has 0 N–H and O–H groups in total. The van der Waals surface area contributed by atoms with Crippen molar-refractivity contribution in [2.24, 2.45) is 0 Å². The molecule has 0 unspecified atom stereocenters. The minimum Gasteiger partial charge on any atom is -0.457 e. The van der Waals surface area contributed by atoms with Crippen molar-refractivity contribution in [1.29, 1.82) is 0 Å². The molecular formula is C11H7F3O5S. The highest BCUT2D eigenvalue weighted by atomic mass is 32.2. The molecule has 5 nitrogen and oxygen atoms in total. The van der Waals surface area contributed by atoms with Gasteiger partial charge in [-0.1, -0.05) is 6.07 Å². The predicted molar refractivity (Wildman–Crippen MR) is 62.8 cm³/mol. The van der Waals surface area contributed by atoms with E-state index in [0.29, 0.717) is 0 Å². The van der Waals surface area contributed by atoms with E-state index >= 15 is 0 Å². The van der Waals surface area contributed by atoms with Crippen LogP contribution in [0.2, 0.25) is 0 Å². The summed E-state index contributed by atoms with van der Waals surface area (Å²) in [5.41, 5.74) is -6.44. The van der Waals surface area contributed by atoms with Gasteiger partial charge in [0.25, 0.3) is 0 Å². The molecule has 0 aliphatic heterocycles. The highest BCUT2D eigenvalue weighted by Gasteiger charge is 2.48. The van der Waals surface area contributed by atoms with Crippen LogP contribution in [-0.2, 0) is 10.1 Å². The first kappa shape index (κ1) is 14.4. The smallest absolute Gasteiger partial charge is 0.457 e. The van der Waals surface area contributed by atoms with Gasteiger partial charge in [0, 0.05) is 6.07 Å². The molecule has 0 atom stereocenters. The molecule has 0 radical (unpaired) electrons. The van der Waals surface area contributed by atoms with E-state index in [2.05, 4.69) is 4.18 Å². The topological polar surface area (TPSA) is 73.6 Å². The standard InChI is InChI=1S/C11H7F3O5S/c1-6-5-8(15)7-3-2-4-9(10(7)18-6)19-20(16,17)11(12,13)14/h2-5H,1H3. The first-order valence-corrected chi connectivity index (χ1v) is 6.57. The van der Waals surface area contributed by atoms with Gasteiger partial charge in [0.1, 0.15) is 5.76 Å². The third-order valence-electron chi connectivity index (χ3n) is 2.32. The van der Waals surface area contributed by atoms with E-state index in [9.17, 15) is 26.4 Å². The molecule has 0 saturated heterocycles. The van der Waals surface area contributed by atoms with Crippen molar-refractivity contribution in [2.45, 2.75) is 12.4 Å². The van der Waals surface area contributed by atoms with E-state index in [-0.39, 0.29) is 16.7 Å². The van der Waals surface area contributed by atoms with Crippen molar-refractivity contribution in [3.05, 3.63) is 40.2 Å². The summed E-state index contributed by atoms with van der Waals surface area (Å²) in [6, 6.07) is 4.57. The number of para-hydroxylation sites is 1. The Morgan fingerprint density at radius 2 is 1.90 bits per heavy atom. The monoisotopic (exact) mass is 308 g/mol. The van der Waals surface area contributed by atoms with Crippen LogP contribution in [0.3, 0.4) is 0 Å². The molecule has 0 spiro atoms. The highest BCUT2D eigenvalue weighted by molar-refractivity contribution is 7.88. The van der Waals surface area contributed by atoms with Crippen LogP contribution in [0.25, 0.3) is 11.0 Å². The van der Waals surface area contributed by atoms with E-state index in [1.807, 2.05) is 0 Å². The van der Waals surface area contributed by atoms with Crippen molar-refractivity contribution in [3.63, 3.8) is 0 Å². The van der Waals surface area contributed by atoms with Crippen molar-refractivity contribution in [3.8, 4) is 5.75 Å². The van der Waals surface area contributed by atoms with Gasteiger partial charge in [0.15, 0.2) is 16.8 Å². The number of rotatable bonds is 2. The summed E-state index contributed by atoms with van der Waals surface area (Å²) in [5.74, 6) is -0.580. The maximum absolute atomic E-state index is 12.3. The van der Waals surface area contributed by atoms with Gasteiger partial charge in [-0.3, -0.25) is 4.79 Å². The van der Waals surface area contributed by atoms with Crippen molar-refractivity contribution in [2.75, 3.05) is 0 Å². The maximum atomic E-state index is 12.3. The fourth-order valence-corrected chi connectivity index (χ4v) is 1.96. The Bertz CT molecular complexity index is 820. The fraction of sp³-hybridized carbons (Fsp3) is 0.182. The van der Waals surface area contributed by atoms with Crippen LogP contribution < -0.4 is 9.61 Å². The molecule has 0 aliphatic carbocycles. The van der Waals surface area contributed by atoms with Gasteiger partial charge >= 0.3 is 15.6 Å². The van der Waals surface area contributed by atoms with Crippen molar-refractivity contribution in [1.82, 2.24) is 0 Å². The van der Waals surface area contributed by atoms with E-state index in [4.69, 9.17) is 4.42 Å². The van der Waals surface area contributed by atoms with Gasteiger partial charge in [-0.25, -0.2) is 0 Å². The zero-order valence-corrected chi connectivity index (χ0v) is 10.7. The number of hydrogen-bond donors (Lipinski definition) is 0. The largest absolute Gasteiger partial charge is 0.534 e. The fourth-order valence-electron chi connectivity index (χ4n) is 1.50. The zero-order chi connectivity index (χ0) is 15.1. The Morgan fingerprint density at radius 1 is 1.25 bits per heavy atom. The summed E-state index contributed by atoms with van der Waals surface area (Å²) in [5, 5.41) is -0.0783. The lowest BCUT2D eigenvalue weighted by Crippen LogP contribution is -2.28. The number of halogens is 3. The zero-order valence-electron chi connectivity index (χ0n) is 9.89. The van der Waals surface area contributed by atoms with E-state index < -0.39 is 26.8 Å². The second-order valence-electron chi connectivity index (χ2n) is 3.84. The van der Waals surface area contributed by atoms with E-state index in [0.717, 1.165) is 12.1 Å². The summed E-state index contributed by atoms with van der Waals surface area (Å²) in [6.07, 6.45) is 0. The quantitative estimate of drug-likeness (QED) is 0.629. The molecule has 2 rings (SSSR count). The Balaban J connectivity index is 2.66. The van der Waals surface area contributed by atoms with E-state index in [1.165, 1.54) is 19.1 Å². The second kappa shape index (κ2) is 4.51. The normalized spacial score (nSPS) is 12.6. The second-order valence-corrected chi connectivity index (χ2v) is 5.38. The first-order valence-electron chi connectivity index (χ1n) is 5.16. The van der Waals surface area contributed by atoms with Crippen LogP contribution in [0.4, 0.5) is 13.2 Å². The average Bonchev–Trinajstić information content (AvgIpc) is 2.28. The SMILES string of the molecule is Cc1cc(=O)c2cccc(OS(=O)(=O)C(F)(F)F)c2o1. The summed E-state index contributed by atoms with van der Waals surface area (Å²) in [4.78, 5) is 11.6. The van der Waals surface area contributed by atoms with E-state index in [1.54, 1.807) is 0 Å². The van der Waals surface area contributed by atoms with Gasteiger partial charge in [-0.05, 0) is 19.1 Å². The highest BCUT2D eigenvalue weighted by Crippen LogP contribution is 2.31. The minimum absolute atomic E-state index is 0.0783. The number of benzene rings is 1. The van der Waals surface area contributed by atoms with Gasteiger partial charge in [-0.2, -0.15) is 21.6 Å². The summed E-state index contributed by atoms with van der Waals surface area (Å²) >= 11 is 0. The third kappa shape index (κ3) is 2.48. The lowest BCUT2D eigenvalue weighted by atomic mass is 10.2. The molecule has 20 heavy (non-hydrogen) atoms. The lowest BCUT2D eigenvalue weighted by Gasteiger charge is -2.10. The third-order valence-corrected chi connectivity index (χ3v) is 3.29. The number of fused-ring (bicyclic) bond motifs is 1. The van der Waals surface area contributed by atoms with Crippen molar-refractivity contribution < 1.29 is 30.2 Å². The van der Waals surface area contributed by atoms with Gasteiger partial charge < -0.3 is 8.60 Å². The minimum atomic E-state index is -5.83. The van der Waals surface area contributed by atoms with Gasteiger partial charge in [-0.15, -0.1) is 0 Å². The molecule has 0 saturated carbocycles. The molecule has 1 aromatic carbocycles. The molecule has 108 valence electrons. The molecule has 1 heterocycles. The average molecular weight is 308 g/mol. The number of alkyl halides is 3. The molecule has 0 amide bonds. The van der Waals surface area contributed by atoms with Gasteiger partial charge in [0.05, 0.1) is 5.39 Å². The molecule has 2 aromatic rings. The van der Waals surface area contributed by atoms with Crippen LogP contribution in [-0.4, -0.2) is 13.9 Å². The van der Waals surface area contributed by atoms with Crippen molar-refractivity contribution >= 4 is 21.1 Å². The summed E-state index contributed by atoms with van der Waals surface area (Å²) < 4.78 is 67.8. The first-order chi connectivity index (χ1) is 9.12. The summed E-state index contributed by atoms with van der Waals surface area (Å²) in [7, 11) is -5.83. The molecule has 1 aromatic heterocycles. The predicted octanol–water partition coefficient (Wildman–Crippen LogP) is 2.33. The Hall–Kier alpha value is -2.03. The molecular weight excluding hydrogens is 301 g/mol. The molecule has 0 aliphatic rings. The van der Waals surface area contributed by atoms with Gasteiger partial charge in [0.2, 0.25) is 0 Å². The molecule has 9 heteroatoms. The Kier molecular flexibility index (Phi) is 3.24. The molecule has 0 fully saturated rings. The molecule has 0 bridgehead atoms. The van der Waals surface area contributed by atoms with Crippen LogP contribution in [0.15, 0.2) is 33.5 Å². The Labute approximate surface area is 110 Å². The summed E-state index contributed by atoms with van der Waals surface area (Å²) in [6.45, 7) is 1.40. The number of hydrogen-bond acceptors (Lipinski definition) is 5.